The number of nitrogens with zero attached hydrogens (tertiary/aromatic N) is 3. The maximum atomic E-state index is 12.6. The van der Waals surface area contributed by atoms with E-state index in [-0.39, 0.29) is 5.91 Å². The Balaban J connectivity index is 1.45. The maximum absolute atomic E-state index is 12.6. The molecule has 26 heavy (non-hydrogen) atoms. The highest BCUT2D eigenvalue weighted by atomic mass is 32.2. The Kier molecular flexibility index (Phi) is 4.72. The highest BCUT2D eigenvalue weighted by molar-refractivity contribution is 7.99. The number of aromatic nitrogens is 3. The summed E-state index contributed by atoms with van der Waals surface area (Å²) in [5.74, 6) is 0.933. The molecule has 0 bridgehead atoms. The van der Waals surface area contributed by atoms with Crippen LogP contribution >= 0.6 is 11.8 Å². The molecule has 4 rings (SSSR count). The van der Waals surface area contributed by atoms with Gasteiger partial charge in [0.25, 0.3) is 11.1 Å². The molecule has 2 aromatic heterocycles. The Labute approximate surface area is 156 Å². The van der Waals surface area contributed by atoms with E-state index in [9.17, 15) is 4.79 Å². The fraction of sp³-hybridized carbons (Fsp3) is 0.421. The van der Waals surface area contributed by atoms with Gasteiger partial charge >= 0.3 is 0 Å². The zero-order chi connectivity index (χ0) is 18.1. The smallest absolute Gasteiger partial charge is 0.277 e. The largest absolute Gasteiger partial charge is 0.411 e. The molecule has 1 fully saturated rings. The molecule has 136 valence electrons. The number of piperidine rings is 1. The number of aromatic amines is 1. The summed E-state index contributed by atoms with van der Waals surface area (Å²) in [5.41, 5.74) is 1.91. The van der Waals surface area contributed by atoms with Crippen LogP contribution in [0.3, 0.4) is 0 Å². The molecule has 3 aromatic rings. The second-order valence-electron chi connectivity index (χ2n) is 6.84. The minimum absolute atomic E-state index is 0.140. The van der Waals surface area contributed by atoms with Crippen molar-refractivity contribution in [3.05, 3.63) is 30.5 Å². The summed E-state index contributed by atoms with van der Waals surface area (Å²) in [6.07, 6.45) is 5.21. The van der Waals surface area contributed by atoms with Gasteiger partial charge in [-0.05, 0) is 39.2 Å². The van der Waals surface area contributed by atoms with E-state index in [1.165, 1.54) is 18.2 Å². The van der Waals surface area contributed by atoms with Crippen LogP contribution < -0.4 is 0 Å². The topological polar surface area (TPSA) is 75.0 Å². The zero-order valence-corrected chi connectivity index (χ0v) is 15.8. The van der Waals surface area contributed by atoms with Crippen molar-refractivity contribution in [2.24, 2.45) is 0 Å². The lowest BCUT2D eigenvalue weighted by Gasteiger charge is -2.39. The third-order valence-electron chi connectivity index (χ3n) is 5.03. The molecule has 1 N–H and O–H groups in total. The first-order valence-corrected chi connectivity index (χ1v) is 9.96. The van der Waals surface area contributed by atoms with E-state index in [1.807, 2.05) is 35.4 Å². The summed E-state index contributed by atoms with van der Waals surface area (Å²) in [7, 11) is 0. The van der Waals surface area contributed by atoms with Crippen LogP contribution in [0.1, 0.15) is 33.1 Å². The summed E-state index contributed by atoms with van der Waals surface area (Å²) < 4.78 is 5.78. The highest BCUT2D eigenvalue weighted by Gasteiger charge is 2.29. The van der Waals surface area contributed by atoms with Crippen molar-refractivity contribution < 1.29 is 9.21 Å². The Morgan fingerprint density at radius 2 is 2.04 bits per heavy atom. The van der Waals surface area contributed by atoms with Crippen molar-refractivity contribution in [1.82, 2.24) is 20.1 Å². The number of hydrogen-bond donors (Lipinski definition) is 1. The lowest BCUT2D eigenvalue weighted by Crippen LogP contribution is -2.48. The number of amides is 1. The number of H-pyrrole nitrogens is 1. The van der Waals surface area contributed by atoms with E-state index < -0.39 is 0 Å². The number of para-hydroxylation sites is 1. The Morgan fingerprint density at radius 1 is 1.27 bits per heavy atom. The first-order valence-electron chi connectivity index (χ1n) is 8.97. The van der Waals surface area contributed by atoms with Gasteiger partial charge in [0.05, 0.1) is 11.3 Å². The van der Waals surface area contributed by atoms with Crippen molar-refractivity contribution in [2.75, 3.05) is 5.75 Å². The van der Waals surface area contributed by atoms with Crippen LogP contribution in [0.25, 0.3) is 22.4 Å². The molecule has 7 heteroatoms. The normalized spacial score (nSPS) is 20.6. The van der Waals surface area contributed by atoms with Gasteiger partial charge in [0.1, 0.15) is 0 Å². The van der Waals surface area contributed by atoms with E-state index in [0.29, 0.717) is 29.0 Å². The SMILES string of the molecule is C[C@H]1CCC[C@H](C)N1C(=O)CSc1nnc(-c2c[nH]c3ccccc23)o1. The first-order chi connectivity index (χ1) is 12.6. The number of benzene rings is 1. The average Bonchev–Trinajstić information content (AvgIpc) is 3.26. The molecule has 1 aliphatic rings. The van der Waals surface area contributed by atoms with E-state index in [0.717, 1.165) is 29.3 Å². The lowest BCUT2D eigenvalue weighted by atomic mass is 9.98. The number of nitrogens with one attached hydrogen (secondary N) is 1. The fourth-order valence-electron chi connectivity index (χ4n) is 3.74. The molecule has 1 aromatic carbocycles. The van der Waals surface area contributed by atoms with Gasteiger partial charge in [-0.15, -0.1) is 10.2 Å². The minimum atomic E-state index is 0.140. The number of thioether (sulfide) groups is 1. The molecule has 1 saturated heterocycles. The van der Waals surface area contributed by atoms with Crippen molar-refractivity contribution in [2.45, 2.75) is 50.4 Å². The Hall–Kier alpha value is -2.28. The zero-order valence-electron chi connectivity index (χ0n) is 14.9. The van der Waals surface area contributed by atoms with Gasteiger partial charge in [0, 0.05) is 29.2 Å². The molecular formula is C19H22N4O2S. The lowest BCUT2D eigenvalue weighted by molar-refractivity contribution is -0.134. The molecule has 0 radical (unpaired) electrons. The average molecular weight is 370 g/mol. The van der Waals surface area contributed by atoms with Crippen molar-refractivity contribution in [3.8, 4) is 11.5 Å². The fourth-order valence-corrected chi connectivity index (χ4v) is 4.37. The molecule has 6 nitrogen and oxygen atoms in total. The predicted octanol–water partition coefficient (Wildman–Crippen LogP) is 4.10. The van der Waals surface area contributed by atoms with Crippen LogP contribution in [0.2, 0.25) is 0 Å². The van der Waals surface area contributed by atoms with E-state index in [2.05, 4.69) is 29.0 Å². The van der Waals surface area contributed by atoms with E-state index in [4.69, 9.17) is 4.42 Å². The Morgan fingerprint density at radius 3 is 2.85 bits per heavy atom. The van der Waals surface area contributed by atoms with E-state index in [1.54, 1.807) is 0 Å². The number of carbonyl (C=O) groups is 1. The molecule has 1 aliphatic heterocycles. The molecule has 3 heterocycles. The van der Waals surface area contributed by atoms with Gasteiger partial charge in [0.2, 0.25) is 5.91 Å². The Bertz CT molecular complexity index is 909. The van der Waals surface area contributed by atoms with Gasteiger partial charge in [0.15, 0.2) is 0 Å². The standard InChI is InChI=1S/C19H22N4O2S/c1-12-6-5-7-13(2)23(12)17(24)11-26-19-22-21-18(25-19)15-10-20-16-9-4-3-8-14(15)16/h3-4,8-10,12-13,20H,5-7,11H2,1-2H3/t12-,13-/m0/s1. The predicted molar refractivity (Wildman–Crippen MR) is 102 cm³/mol. The van der Waals surface area contributed by atoms with Crippen LogP contribution in [-0.2, 0) is 4.79 Å². The second-order valence-corrected chi connectivity index (χ2v) is 7.77. The number of hydrogen-bond acceptors (Lipinski definition) is 5. The van der Waals surface area contributed by atoms with Crippen LogP contribution in [0, 0.1) is 0 Å². The van der Waals surface area contributed by atoms with Crippen molar-refractivity contribution in [3.63, 3.8) is 0 Å². The van der Waals surface area contributed by atoms with Crippen LogP contribution in [0.15, 0.2) is 40.1 Å². The molecule has 2 atom stereocenters. The molecule has 0 unspecified atom stereocenters. The first kappa shape index (κ1) is 17.1. The summed E-state index contributed by atoms with van der Waals surface area (Å²) in [6.45, 7) is 4.25. The molecule has 0 spiro atoms. The third kappa shape index (κ3) is 3.23. The van der Waals surface area contributed by atoms with Gasteiger partial charge in [-0.3, -0.25) is 4.79 Å². The van der Waals surface area contributed by atoms with Crippen LogP contribution in [0.4, 0.5) is 0 Å². The van der Waals surface area contributed by atoms with Crippen LogP contribution in [-0.4, -0.2) is 43.8 Å². The summed E-state index contributed by atoms with van der Waals surface area (Å²) in [6, 6.07) is 8.58. The summed E-state index contributed by atoms with van der Waals surface area (Å²) in [4.78, 5) is 17.8. The number of likely N-dealkylation sites (tertiary alicyclic amines) is 1. The number of fused-ring (bicyclic) bond motifs is 1. The molecule has 0 saturated carbocycles. The molecule has 0 aliphatic carbocycles. The van der Waals surface area contributed by atoms with Gasteiger partial charge in [-0.2, -0.15) is 0 Å². The third-order valence-corrected chi connectivity index (χ3v) is 5.83. The van der Waals surface area contributed by atoms with E-state index >= 15 is 0 Å². The molecular weight excluding hydrogens is 348 g/mol. The number of rotatable bonds is 4. The maximum Gasteiger partial charge on any atom is 0.277 e. The van der Waals surface area contributed by atoms with Crippen LogP contribution in [0.5, 0.6) is 0 Å². The molecule has 1 amide bonds. The van der Waals surface area contributed by atoms with Gasteiger partial charge in [-0.25, -0.2) is 0 Å². The summed E-state index contributed by atoms with van der Waals surface area (Å²) in [5, 5.41) is 9.71. The second kappa shape index (κ2) is 7.15. The summed E-state index contributed by atoms with van der Waals surface area (Å²) >= 11 is 1.31. The number of carbonyl (C=O) groups excluding carboxylic acids is 1. The minimum Gasteiger partial charge on any atom is -0.411 e. The van der Waals surface area contributed by atoms with Crippen molar-refractivity contribution >= 4 is 28.6 Å². The highest BCUT2D eigenvalue weighted by Crippen LogP contribution is 2.30. The monoisotopic (exact) mass is 370 g/mol. The quantitative estimate of drug-likeness (QED) is 0.700. The van der Waals surface area contributed by atoms with Gasteiger partial charge in [-0.1, -0.05) is 30.0 Å². The van der Waals surface area contributed by atoms with Gasteiger partial charge < -0.3 is 14.3 Å². The van der Waals surface area contributed by atoms with Crippen molar-refractivity contribution in [1.29, 1.82) is 0 Å².